The van der Waals surface area contributed by atoms with E-state index in [0.717, 1.165) is 24.5 Å². The summed E-state index contributed by atoms with van der Waals surface area (Å²) in [6.07, 6.45) is 10.9. The summed E-state index contributed by atoms with van der Waals surface area (Å²) in [5, 5.41) is 0. The smallest absolute Gasteiger partial charge is 0.133 e. The Labute approximate surface area is 152 Å². The summed E-state index contributed by atoms with van der Waals surface area (Å²) in [7, 11) is 1.88. The van der Waals surface area contributed by atoms with Crippen molar-refractivity contribution in [3.8, 4) is 0 Å². The Kier molecular flexibility index (Phi) is 4.38. The normalized spacial score (nSPS) is 52.2. The van der Waals surface area contributed by atoms with Crippen LogP contribution >= 0.6 is 0 Å². The fraction of sp³-hybridized carbons (Fsp3) is 0.909. The van der Waals surface area contributed by atoms with Gasteiger partial charge in [0.1, 0.15) is 12.1 Å². The van der Waals surface area contributed by atoms with Gasteiger partial charge < -0.3 is 9.53 Å². The number of carbonyl (C=O) groups is 2. The number of hydrogen-bond donors (Lipinski definition) is 0. The first-order valence-corrected chi connectivity index (χ1v) is 10.4. The molecule has 3 unspecified atom stereocenters. The van der Waals surface area contributed by atoms with E-state index in [1.54, 1.807) is 0 Å². The number of rotatable bonds is 3. The van der Waals surface area contributed by atoms with Crippen molar-refractivity contribution in [1.29, 1.82) is 0 Å². The maximum absolute atomic E-state index is 12.3. The van der Waals surface area contributed by atoms with Crippen LogP contribution in [-0.4, -0.2) is 25.3 Å². The summed E-state index contributed by atoms with van der Waals surface area (Å²) in [5.41, 5.74) is 0.522. The summed E-state index contributed by atoms with van der Waals surface area (Å²) in [6, 6.07) is 0. The highest BCUT2D eigenvalue weighted by molar-refractivity contribution is 5.80. The van der Waals surface area contributed by atoms with Crippen molar-refractivity contribution in [3.63, 3.8) is 0 Å². The van der Waals surface area contributed by atoms with Crippen molar-refractivity contribution in [2.45, 2.75) is 77.7 Å². The van der Waals surface area contributed by atoms with Gasteiger partial charge in [0, 0.05) is 26.4 Å². The van der Waals surface area contributed by atoms with Crippen LogP contribution in [0.15, 0.2) is 0 Å². The van der Waals surface area contributed by atoms with Gasteiger partial charge in [-0.25, -0.2) is 0 Å². The van der Waals surface area contributed by atoms with Crippen molar-refractivity contribution in [2.24, 2.45) is 40.4 Å². The van der Waals surface area contributed by atoms with E-state index >= 15 is 0 Å². The van der Waals surface area contributed by atoms with E-state index in [1.165, 1.54) is 38.5 Å². The molecule has 0 saturated heterocycles. The number of carbonyl (C=O) groups excluding carboxylic acids is 2. The van der Waals surface area contributed by atoms with Crippen LogP contribution in [0.2, 0.25) is 0 Å². The lowest BCUT2D eigenvalue weighted by Crippen LogP contribution is -2.57. The highest BCUT2D eigenvalue weighted by Gasteiger charge is 2.62. The van der Waals surface area contributed by atoms with E-state index in [4.69, 9.17) is 4.74 Å². The number of fused-ring (bicyclic) bond motifs is 5. The van der Waals surface area contributed by atoms with Crippen LogP contribution in [0.1, 0.15) is 71.6 Å². The van der Waals surface area contributed by atoms with E-state index in [2.05, 4.69) is 13.8 Å². The third kappa shape index (κ3) is 2.40. The van der Waals surface area contributed by atoms with Gasteiger partial charge in [-0.15, -0.1) is 0 Å². The van der Waals surface area contributed by atoms with E-state index in [-0.39, 0.29) is 11.3 Å². The Morgan fingerprint density at radius 1 is 1.08 bits per heavy atom. The standard InChI is InChI=1S/C22H34O3/c1-21-10-8-19-17(18(21)6-7-20(21)25-3)5-4-14-12-16(24)13-15(9-11-23)22(14,19)2/h11,14-15,17-20H,4-10,12-13H2,1-3H3/t14?,15?,17-,18-,19+,20?,21-,22+/m0/s1. The summed E-state index contributed by atoms with van der Waals surface area (Å²) >= 11 is 0. The molecule has 25 heavy (non-hydrogen) atoms. The van der Waals surface area contributed by atoms with Gasteiger partial charge in [-0.3, -0.25) is 4.79 Å². The molecule has 0 bridgehead atoms. The van der Waals surface area contributed by atoms with Crippen molar-refractivity contribution >= 4 is 12.1 Å². The molecule has 0 aliphatic heterocycles. The minimum atomic E-state index is 0.185. The molecule has 0 amide bonds. The number of ketones is 1. The summed E-state index contributed by atoms with van der Waals surface area (Å²) < 4.78 is 5.88. The minimum Gasteiger partial charge on any atom is -0.381 e. The zero-order valence-electron chi connectivity index (χ0n) is 16.1. The SMILES string of the molecule is COC1CC[C@H]2[C@@H]3CCC4CC(=O)CC(CC=O)[C@]4(C)[C@@H]3CC[C@]12C. The quantitative estimate of drug-likeness (QED) is 0.710. The minimum absolute atomic E-state index is 0.185. The average molecular weight is 347 g/mol. The average Bonchev–Trinajstić information content (AvgIpc) is 2.92. The number of hydrogen-bond acceptors (Lipinski definition) is 3. The fourth-order valence-corrected chi connectivity index (χ4v) is 8.07. The molecule has 3 heteroatoms. The molecule has 4 saturated carbocycles. The lowest BCUT2D eigenvalue weighted by Gasteiger charge is -2.62. The summed E-state index contributed by atoms with van der Waals surface area (Å²) in [4.78, 5) is 23.6. The van der Waals surface area contributed by atoms with E-state index < -0.39 is 0 Å². The molecular weight excluding hydrogens is 312 g/mol. The first kappa shape index (κ1) is 17.7. The number of Topliss-reactive ketones (excluding diaryl/α,β-unsaturated/α-hetero) is 1. The first-order valence-electron chi connectivity index (χ1n) is 10.4. The van der Waals surface area contributed by atoms with Crippen LogP contribution in [0.5, 0.6) is 0 Å². The second kappa shape index (κ2) is 6.18. The highest BCUT2D eigenvalue weighted by atomic mass is 16.5. The molecular formula is C22H34O3. The summed E-state index contributed by atoms with van der Waals surface area (Å²) in [5.74, 6) is 3.40. The van der Waals surface area contributed by atoms with E-state index in [1.807, 2.05) is 7.11 Å². The molecule has 4 aliphatic rings. The third-order valence-electron chi connectivity index (χ3n) is 9.37. The monoisotopic (exact) mass is 346 g/mol. The number of methoxy groups -OCH3 is 1. The van der Waals surface area contributed by atoms with Crippen LogP contribution in [0.25, 0.3) is 0 Å². The molecule has 0 spiro atoms. The van der Waals surface area contributed by atoms with Crippen molar-refractivity contribution in [1.82, 2.24) is 0 Å². The highest BCUT2D eigenvalue weighted by Crippen LogP contribution is 2.67. The Morgan fingerprint density at radius 2 is 1.88 bits per heavy atom. The second-order valence-electron chi connectivity index (χ2n) is 9.91. The lowest BCUT2D eigenvalue weighted by molar-refractivity contribution is -0.159. The van der Waals surface area contributed by atoms with Gasteiger partial charge in [-0.05, 0) is 78.9 Å². The molecule has 0 aromatic carbocycles. The van der Waals surface area contributed by atoms with E-state index in [0.29, 0.717) is 42.0 Å². The lowest BCUT2D eigenvalue weighted by atomic mass is 9.42. The van der Waals surface area contributed by atoms with Gasteiger partial charge in [-0.2, -0.15) is 0 Å². The molecule has 0 heterocycles. The van der Waals surface area contributed by atoms with Crippen LogP contribution in [-0.2, 0) is 14.3 Å². The van der Waals surface area contributed by atoms with Gasteiger partial charge in [-0.1, -0.05) is 13.8 Å². The van der Waals surface area contributed by atoms with Crippen LogP contribution in [0.3, 0.4) is 0 Å². The predicted molar refractivity (Wildman–Crippen MR) is 97.1 cm³/mol. The zero-order chi connectivity index (χ0) is 17.8. The molecule has 4 fully saturated rings. The molecule has 0 aromatic heterocycles. The molecule has 8 atom stereocenters. The maximum Gasteiger partial charge on any atom is 0.133 e. The van der Waals surface area contributed by atoms with Gasteiger partial charge >= 0.3 is 0 Å². The first-order chi connectivity index (χ1) is 11.9. The molecule has 140 valence electrons. The van der Waals surface area contributed by atoms with Crippen LogP contribution in [0.4, 0.5) is 0 Å². The van der Waals surface area contributed by atoms with Crippen molar-refractivity contribution in [3.05, 3.63) is 0 Å². The van der Waals surface area contributed by atoms with Gasteiger partial charge in [0.25, 0.3) is 0 Å². The van der Waals surface area contributed by atoms with E-state index in [9.17, 15) is 9.59 Å². The largest absolute Gasteiger partial charge is 0.381 e. The zero-order valence-corrected chi connectivity index (χ0v) is 16.1. The Bertz CT molecular complexity index is 557. The molecule has 0 radical (unpaired) electrons. The van der Waals surface area contributed by atoms with Gasteiger partial charge in [0.15, 0.2) is 0 Å². The van der Waals surface area contributed by atoms with Crippen molar-refractivity contribution in [2.75, 3.05) is 7.11 Å². The molecule has 4 aliphatic carbocycles. The maximum atomic E-state index is 12.3. The fourth-order valence-electron chi connectivity index (χ4n) is 8.07. The molecule has 4 rings (SSSR count). The van der Waals surface area contributed by atoms with Crippen LogP contribution in [0, 0.1) is 40.4 Å². The third-order valence-corrected chi connectivity index (χ3v) is 9.37. The molecule has 0 aromatic rings. The predicted octanol–water partition coefficient (Wildman–Crippen LogP) is 4.43. The second-order valence-corrected chi connectivity index (χ2v) is 9.91. The van der Waals surface area contributed by atoms with Gasteiger partial charge in [0.2, 0.25) is 0 Å². The topological polar surface area (TPSA) is 43.4 Å². The Balaban J connectivity index is 1.66. The Morgan fingerprint density at radius 3 is 2.60 bits per heavy atom. The van der Waals surface area contributed by atoms with Gasteiger partial charge in [0.05, 0.1) is 6.10 Å². The van der Waals surface area contributed by atoms with Crippen LogP contribution < -0.4 is 0 Å². The molecule has 3 nitrogen and oxygen atoms in total. The number of ether oxygens (including phenoxy) is 1. The Hall–Kier alpha value is -0.700. The van der Waals surface area contributed by atoms with Crippen molar-refractivity contribution < 1.29 is 14.3 Å². The number of aldehydes is 1. The summed E-state index contributed by atoms with van der Waals surface area (Å²) in [6.45, 7) is 4.91. The molecule has 0 N–H and O–H groups in total.